The summed E-state index contributed by atoms with van der Waals surface area (Å²) in [6.45, 7) is 3.71. The molecule has 0 saturated heterocycles. The predicted molar refractivity (Wildman–Crippen MR) is 66.1 cm³/mol. The van der Waals surface area contributed by atoms with E-state index in [0.29, 0.717) is 15.7 Å². The van der Waals surface area contributed by atoms with Crippen molar-refractivity contribution in [1.29, 1.82) is 0 Å². The van der Waals surface area contributed by atoms with Crippen LogP contribution in [0.15, 0.2) is 6.07 Å². The monoisotopic (exact) mass is 254 g/mol. The predicted octanol–water partition coefficient (Wildman–Crippen LogP) is 2.05. The molecular weight excluding hydrogens is 244 g/mol. The number of hydrogen-bond donors (Lipinski definition) is 2. The normalized spacial score (nSPS) is 10.4. The Morgan fingerprint density at radius 3 is 2.62 bits per heavy atom. The summed E-state index contributed by atoms with van der Waals surface area (Å²) >= 11 is 2.71. The third-order valence-corrected chi connectivity index (χ3v) is 3.75. The molecule has 7 heteroatoms. The van der Waals surface area contributed by atoms with Crippen LogP contribution in [0.5, 0.6) is 0 Å². The fourth-order valence-corrected chi connectivity index (χ4v) is 2.54. The van der Waals surface area contributed by atoms with Crippen molar-refractivity contribution in [2.45, 2.75) is 13.8 Å². The van der Waals surface area contributed by atoms with E-state index in [1.54, 1.807) is 6.07 Å². The quantitative estimate of drug-likeness (QED) is 0.859. The summed E-state index contributed by atoms with van der Waals surface area (Å²) in [5.74, 6) is -0.194. The third-order valence-electron chi connectivity index (χ3n) is 1.93. The van der Waals surface area contributed by atoms with Crippen molar-refractivity contribution >= 4 is 39.4 Å². The van der Waals surface area contributed by atoms with Crippen molar-refractivity contribution in [1.82, 2.24) is 10.2 Å². The molecule has 16 heavy (non-hydrogen) atoms. The van der Waals surface area contributed by atoms with E-state index in [9.17, 15) is 4.79 Å². The minimum Gasteiger partial charge on any atom is -0.398 e. The summed E-state index contributed by atoms with van der Waals surface area (Å²) in [5, 5.41) is 11.6. The number of aromatic nitrogens is 2. The molecule has 0 bridgehead atoms. The summed E-state index contributed by atoms with van der Waals surface area (Å²) in [5.41, 5.74) is 6.32. The number of carbonyl (C=O) groups excluding carboxylic acids is 1. The second-order valence-corrected chi connectivity index (χ2v) is 5.64. The maximum absolute atomic E-state index is 11.8. The molecule has 2 heterocycles. The molecule has 5 nitrogen and oxygen atoms in total. The minimum absolute atomic E-state index is 0.194. The molecule has 3 N–H and O–H groups in total. The van der Waals surface area contributed by atoms with E-state index in [0.717, 1.165) is 9.88 Å². The van der Waals surface area contributed by atoms with Gasteiger partial charge < -0.3 is 5.73 Å². The highest BCUT2D eigenvalue weighted by Crippen LogP contribution is 2.24. The van der Waals surface area contributed by atoms with Gasteiger partial charge in [-0.3, -0.25) is 10.1 Å². The van der Waals surface area contributed by atoms with Gasteiger partial charge in [-0.1, -0.05) is 11.3 Å². The maximum Gasteiger partial charge on any atom is 0.267 e. The molecule has 0 fully saturated rings. The van der Waals surface area contributed by atoms with Crippen molar-refractivity contribution in [3.8, 4) is 0 Å². The van der Waals surface area contributed by atoms with Gasteiger partial charge in [0.25, 0.3) is 5.91 Å². The van der Waals surface area contributed by atoms with Gasteiger partial charge in [0.2, 0.25) is 5.13 Å². The second kappa shape index (κ2) is 4.18. The van der Waals surface area contributed by atoms with Gasteiger partial charge in [0.1, 0.15) is 5.01 Å². The molecule has 1 amide bonds. The first kappa shape index (κ1) is 11.0. The first-order valence-electron chi connectivity index (χ1n) is 4.53. The number of nitrogens with two attached hydrogens (primary N) is 1. The third kappa shape index (κ3) is 2.20. The minimum atomic E-state index is -0.194. The van der Waals surface area contributed by atoms with Gasteiger partial charge >= 0.3 is 0 Å². The molecule has 0 atom stereocenters. The molecule has 0 aliphatic rings. The highest BCUT2D eigenvalue weighted by Gasteiger charge is 2.12. The Kier molecular flexibility index (Phi) is 2.88. The Morgan fingerprint density at radius 1 is 1.38 bits per heavy atom. The fourth-order valence-electron chi connectivity index (χ4n) is 1.11. The average molecular weight is 254 g/mol. The number of nitrogens with one attached hydrogen (secondary N) is 1. The van der Waals surface area contributed by atoms with Crippen LogP contribution < -0.4 is 11.1 Å². The van der Waals surface area contributed by atoms with Gasteiger partial charge in [-0.25, -0.2) is 0 Å². The van der Waals surface area contributed by atoms with E-state index in [1.807, 2.05) is 13.8 Å². The van der Waals surface area contributed by atoms with Crippen LogP contribution in [0.3, 0.4) is 0 Å². The molecule has 0 aliphatic heterocycles. The van der Waals surface area contributed by atoms with Crippen molar-refractivity contribution in [3.63, 3.8) is 0 Å². The number of nitrogen functional groups attached to an aromatic ring is 1. The van der Waals surface area contributed by atoms with Crippen LogP contribution in [0.1, 0.15) is 19.6 Å². The lowest BCUT2D eigenvalue weighted by Gasteiger charge is -1.96. The number of anilines is 2. The van der Waals surface area contributed by atoms with E-state index < -0.39 is 0 Å². The fraction of sp³-hybridized carbons (Fsp3) is 0.222. The van der Waals surface area contributed by atoms with E-state index in [-0.39, 0.29) is 5.91 Å². The van der Waals surface area contributed by atoms with Crippen molar-refractivity contribution in [2.24, 2.45) is 0 Å². The lowest BCUT2D eigenvalue weighted by atomic mass is 10.4. The Bertz CT molecular complexity index is 512. The molecule has 2 aromatic heterocycles. The van der Waals surface area contributed by atoms with Crippen LogP contribution in [0.4, 0.5) is 10.8 Å². The number of nitrogens with zero attached hydrogens (tertiary/aromatic N) is 2. The molecule has 0 spiro atoms. The van der Waals surface area contributed by atoms with Crippen LogP contribution in [0, 0.1) is 13.8 Å². The summed E-state index contributed by atoms with van der Waals surface area (Å²) in [7, 11) is 0. The lowest BCUT2D eigenvalue weighted by molar-refractivity contribution is 0.103. The van der Waals surface area contributed by atoms with Crippen molar-refractivity contribution in [2.75, 3.05) is 11.1 Å². The van der Waals surface area contributed by atoms with Crippen molar-refractivity contribution in [3.05, 3.63) is 20.8 Å². The lowest BCUT2D eigenvalue weighted by Crippen LogP contribution is -2.09. The maximum atomic E-state index is 11.8. The van der Waals surface area contributed by atoms with E-state index in [4.69, 9.17) is 5.73 Å². The topological polar surface area (TPSA) is 80.9 Å². The molecule has 0 aliphatic carbocycles. The zero-order valence-electron chi connectivity index (χ0n) is 8.77. The first-order valence-corrected chi connectivity index (χ1v) is 6.17. The SMILES string of the molecule is Cc1nnc(NC(=O)c2cc(N)c(C)s2)s1. The summed E-state index contributed by atoms with van der Waals surface area (Å²) in [4.78, 5) is 13.3. The molecule has 0 saturated carbocycles. The number of amides is 1. The van der Waals surface area contributed by atoms with E-state index in [1.165, 1.54) is 22.7 Å². The van der Waals surface area contributed by atoms with Crippen LogP contribution in [-0.4, -0.2) is 16.1 Å². The summed E-state index contributed by atoms with van der Waals surface area (Å²) in [6, 6.07) is 1.67. The number of hydrogen-bond acceptors (Lipinski definition) is 6. The summed E-state index contributed by atoms with van der Waals surface area (Å²) < 4.78 is 0. The van der Waals surface area contributed by atoms with Crippen LogP contribution in [0.25, 0.3) is 0 Å². The molecule has 84 valence electrons. The zero-order valence-corrected chi connectivity index (χ0v) is 10.4. The number of rotatable bonds is 2. The van der Waals surface area contributed by atoms with E-state index in [2.05, 4.69) is 15.5 Å². The molecule has 0 radical (unpaired) electrons. The van der Waals surface area contributed by atoms with Gasteiger partial charge in [-0.15, -0.1) is 21.5 Å². The van der Waals surface area contributed by atoms with Gasteiger partial charge in [-0.2, -0.15) is 0 Å². The molecule has 0 aromatic carbocycles. The zero-order chi connectivity index (χ0) is 11.7. The number of carbonyl (C=O) groups is 1. The number of aryl methyl sites for hydroxylation is 2. The molecule has 0 unspecified atom stereocenters. The largest absolute Gasteiger partial charge is 0.398 e. The van der Waals surface area contributed by atoms with Gasteiger partial charge in [0.15, 0.2) is 0 Å². The Morgan fingerprint density at radius 2 is 2.12 bits per heavy atom. The molecule has 2 aromatic rings. The van der Waals surface area contributed by atoms with Crippen LogP contribution in [-0.2, 0) is 0 Å². The highest BCUT2D eigenvalue weighted by atomic mass is 32.1. The molecule has 2 rings (SSSR count). The van der Waals surface area contributed by atoms with Crippen molar-refractivity contribution < 1.29 is 4.79 Å². The van der Waals surface area contributed by atoms with Gasteiger partial charge in [0.05, 0.1) is 4.88 Å². The number of thiophene rings is 1. The Balaban J connectivity index is 2.14. The Hall–Kier alpha value is -1.47. The molecular formula is C9H10N4OS2. The second-order valence-electron chi connectivity index (χ2n) is 3.20. The smallest absolute Gasteiger partial charge is 0.267 e. The standard InChI is InChI=1S/C9H10N4OS2/c1-4-6(10)3-7(15-4)8(14)11-9-13-12-5(2)16-9/h3H,10H2,1-2H3,(H,11,13,14). The van der Waals surface area contributed by atoms with Crippen LogP contribution in [0.2, 0.25) is 0 Å². The highest BCUT2D eigenvalue weighted by molar-refractivity contribution is 7.16. The first-order chi connectivity index (χ1) is 7.56. The van der Waals surface area contributed by atoms with E-state index >= 15 is 0 Å². The van der Waals surface area contributed by atoms with Gasteiger partial charge in [-0.05, 0) is 19.9 Å². The van der Waals surface area contributed by atoms with Crippen LogP contribution >= 0.6 is 22.7 Å². The average Bonchev–Trinajstić information content (AvgIpc) is 2.75. The Labute approximate surface area is 100 Å². The van der Waals surface area contributed by atoms with Gasteiger partial charge in [0, 0.05) is 10.6 Å². The summed E-state index contributed by atoms with van der Waals surface area (Å²) in [6.07, 6.45) is 0.